The third-order valence-electron chi connectivity index (χ3n) is 3.60. The van der Waals surface area contributed by atoms with Crippen molar-refractivity contribution in [3.63, 3.8) is 0 Å². The summed E-state index contributed by atoms with van der Waals surface area (Å²) in [6, 6.07) is 13.1. The molecule has 3 rings (SSSR count). The molecular weight excluding hydrogens is 290 g/mol. The number of amides is 1. The lowest BCUT2D eigenvalue weighted by molar-refractivity contribution is 0.0954. The molecule has 0 aliphatic heterocycles. The van der Waals surface area contributed by atoms with E-state index in [1.165, 1.54) is 0 Å². The van der Waals surface area contributed by atoms with Crippen molar-refractivity contribution >= 4 is 16.9 Å². The van der Waals surface area contributed by atoms with Gasteiger partial charge in [-0.05, 0) is 36.2 Å². The number of rotatable bonds is 5. The highest BCUT2D eigenvalue weighted by atomic mass is 16.5. The molecular formula is C18H17N3O2. The molecule has 0 saturated heterocycles. The largest absolute Gasteiger partial charge is 0.496 e. The summed E-state index contributed by atoms with van der Waals surface area (Å²) in [5, 5.41) is 2.92. The third kappa shape index (κ3) is 3.45. The first-order chi connectivity index (χ1) is 11.3. The Balaban J connectivity index is 1.64. The third-order valence-corrected chi connectivity index (χ3v) is 3.60. The number of fused-ring (bicyclic) bond motifs is 1. The van der Waals surface area contributed by atoms with Crippen LogP contribution >= 0.6 is 0 Å². The number of nitrogens with one attached hydrogen (secondary N) is 1. The molecule has 3 aromatic rings. The number of methoxy groups -OCH3 is 1. The maximum atomic E-state index is 12.2. The van der Waals surface area contributed by atoms with Crippen molar-refractivity contribution in [3.05, 3.63) is 66.0 Å². The molecule has 1 aromatic heterocycles. The van der Waals surface area contributed by atoms with Crippen LogP contribution in [-0.2, 0) is 6.42 Å². The van der Waals surface area contributed by atoms with Crippen LogP contribution in [0.2, 0.25) is 0 Å². The molecule has 0 radical (unpaired) electrons. The Morgan fingerprint density at radius 1 is 1.09 bits per heavy atom. The number of benzene rings is 2. The molecule has 0 bridgehead atoms. The molecule has 0 saturated carbocycles. The van der Waals surface area contributed by atoms with Crippen molar-refractivity contribution in [1.82, 2.24) is 15.3 Å². The molecule has 1 heterocycles. The Hall–Kier alpha value is -2.95. The van der Waals surface area contributed by atoms with E-state index >= 15 is 0 Å². The number of carbonyl (C=O) groups is 1. The second-order valence-electron chi connectivity index (χ2n) is 5.08. The Morgan fingerprint density at radius 3 is 2.70 bits per heavy atom. The van der Waals surface area contributed by atoms with E-state index in [0.717, 1.165) is 16.8 Å². The number of ether oxygens (including phenoxy) is 1. The van der Waals surface area contributed by atoms with Crippen molar-refractivity contribution in [1.29, 1.82) is 0 Å². The molecule has 0 aliphatic rings. The number of para-hydroxylation sites is 1. The lowest BCUT2D eigenvalue weighted by Gasteiger charge is -2.09. The van der Waals surface area contributed by atoms with Crippen LogP contribution in [0.4, 0.5) is 0 Å². The number of hydrogen-bond donors (Lipinski definition) is 1. The summed E-state index contributed by atoms with van der Waals surface area (Å²) in [5.41, 5.74) is 3.14. The molecule has 0 aliphatic carbocycles. The molecule has 2 aromatic carbocycles. The normalized spacial score (nSPS) is 10.5. The second kappa shape index (κ2) is 6.87. The number of carbonyl (C=O) groups excluding carboxylic acids is 1. The van der Waals surface area contributed by atoms with Crippen molar-refractivity contribution in [2.45, 2.75) is 6.42 Å². The van der Waals surface area contributed by atoms with Crippen LogP contribution in [-0.4, -0.2) is 29.5 Å². The van der Waals surface area contributed by atoms with Gasteiger partial charge in [0.2, 0.25) is 0 Å². The van der Waals surface area contributed by atoms with Crippen LogP contribution in [0.1, 0.15) is 15.9 Å². The van der Waals surface area contributed by atoms with Gasteiger partial charge in [-0.15, -0.1) is 0 Å². The Bertz CT molecular complexity index is 833. The average molecular weight is 307 g/mol. The molecule has 1 N–H and O–H groups in total. The lowest BCUT2D eigenvalue weighted by atomic mass is 10.1. The van der Waals surface area contributed by atoms with Crippen LogP contribution in [0.5, 0.6) is 5.75 Å². The molecule has 116 valence electrons. The van der Waals surface area contributed by atoms with Crippen molar-refractivity contribution in [3.8, 4) is 5.75 Å². The zero-order chi connectivity index (χ0) is 16.1. The van der Waals surface area contributed by atoms with Gasteiger partial charge in [0.15, 0.2) is 0 Å². The fourth-order valence-corrected chi connectivity index (χ4v) is 2.43. The smallest absolute Gasteiger partial charge is 0.251 e. The summed E-state index contributed by atoms with van der Waals surface area (Å²) in [5.74, 6) is 0.718. The van der Waals surface area contributed by atoms with Crippen LogP contribution in [0.3, 0.4) is 0 Å². The van der Waals surface area contributed by atoms with Gasteiger partial charge in [0, 0.05) is 24.5 Å². The summed E-state index contributed by atoms with van der Waals surface area (Å²) < 4.78 is 5.31. The molecule has 5 nitrogen and oxygen atoms in total. The van der Waals surface area contributed by atoms with Gasteiger partial charge in [0.1, 0.15) is 5.75 Å². The van der Waals surface area contributed by atoms with Gasteiger partial charge in [0.05, 0.1) is 18.1 Å². The number of aromatic nitrogens is 2. The predicted octanol–water partition coefficient (Wildman–Crippen LogP) is 2.61. The van der Waals surface area contributed by atoms with E-state index in [4.69, 9.17) is 4.74 Å². The van der Waals surface area contributed by atoms with Crippen molar-refractivity contribution in [2.75, 3.05) is 13.7 Å². The van der Waals surface area contributed by atoms with Crippen LogP contribution in [0.15, 0.2) is 54.9 Å². The molecule has 0 fully saturated rings. The quantitative estimate of drug-likeness (QED) is 0.787. The highest BCUT2D eigenvalue weighted by Crippen LogP contribution is 2.17. The first-order valence-corrected chi connectivity index (χ1v) is 7.39. The minimum atomic E-state index is -0.118. The van der Waals surface area contributed by atoms with Gasteiger partial charge in [-0.2, -0.15) is 0 Å². The van der Waals surface area contributed by atoms with Gasteiger partial charge >= 0.3 is 0 Å². The summed E-state index contributed by atoms with van der Waals surface area (Å²) in [6.07, 6.45) is 3.96. The zero-order valence-corrected chi connectivity index (χ0v) is 12.8. The molecule has 23 heavy (non-hydrogen) atoms. The fraction of sp³-hybridized carbons (Fsp3) is 0.167. The Morgan fingerprint density at radius 2 is 1.87 bits per heavy atom. The monoisotopic (exact) mass is 307 g/mol. The standard InChI is InChI=1S/C18H17N3O2/c1-23-17-5-3-2-4-13(17)8-9-21-18(22)14-6-7-15-16(12-14)20-11-10-19-15/h2-7,10-12H,8-9H2,1H3,(H,21,22). The van der Waals surface area contributed by atoms with E-state index in [1.54, 1.807) is 37.7 Å². The van der Waals surface area contributed by atoms with Crippen LogP contribution in [0.25, 0.3) is 11.0 Å². The number of hydrogen-bond acceptors (Lipinski definition) is 4. The van der Waals surface area contributed by atoms with Gasteiger partial charge in [-0.25, -0.2) is 0 Å². The minimum absolute atomic E-state index is 0.118. The number of nitrogens with zero attached hydrogens (tertiary/aromatic N) is 2. The van der Waals surface area contributed by atoms with E-state index in [2.05, 4.69) is 15.3 Å². The second-order valence-corrected chi connectivity index (χ2v) is 5.08. The molecule has 1 amide bonds. The average Bonchev–Trinajstić information content (AvgIpc) is 2.61. The Labute approximate surface area is 134 Å². The van der Waals surface area contributed by atoms with Gasteiger partial charge < -0.3 is 10.1 Å². The first kappa shape index (κ1) is 15.0. The molecule has 5 heteroatoms. The summed E-state index contributed by atoms with van der Waals surface area (Å²) >= 11 is 0. The van der Waals surface area contributed by atoms with E-state index in [1.807, 2.05) is 24.3 Å². The van der Waals surface area contributed by atoms with Gasteiger partial charge in [0.25, 0.3) is 5.91 Å². The van der Waals surface area contributed by atoms with E-state index < -0.39 is 0 Å². The van der Waals surface area contributed by atoms with Crippen molar-refractivity contribution in [2.24, 2.45) is 0 Å². The fourth-order valence-electron chi connectivity index (χ4n) is 2.43. The van der Waals surface area contributed by atoms with Crippen LogP contribution < -0.4 is 10.1 Å². The van der Waals surface area contributed by atoms with E-state index in [0.29, 0.717) is 24.0 Å². The van der Waals surface area contributed by atoms with E-state index in [9.17, 15) is 4.79 Å². The predicted molar refractivity (Wildman–Crippen MR) is 88.6 cm³/mol. The van der Waals surface area contributed by atoms with E-state index in [-0.39, 0.29) is 5.91 Å². The van der Waals surface area contributed by atoms with Gasteiger partial charge in [-0.1, -0.05) is 18.2 Å². The summed E-state index contributed by atoms with van der Waals surface area (Å²) in [7, 11) is 1.65. The molecule has 0 spiro atoms. The maximum absolute atomic E-state index is 12.2. The topological polar surface area (TPSA) is 64.1 Å². The zero-order valence-electron chi connectivity index (χ0n) is 12.8. The highest BCUT2D eigenvalue weighted by molar-refractivity contribution is 5.97. The first-order valence-electron chi connectivity index (χ1n) is 7.39. The summed E-state index contributed by atoms with van der Waals surface area (Å²) in [4.78, 5) is 20.7. The summed E-state index contributed by atoms with van der Waals surface area (Å²) in [6.45, 7) is 0.539. The molecule has 0 unspecified atom stereocenters. The lowest BCUT2D eigenvalue weighted by Crippen LogP contribution is -2.25. The SMILES string of the molecule is COc1ccccc1CCNC(=O)c1ccc2nccnc2c1. The highest BCUT2D eigenvalue weighted by Gasteiger charge is 2.08. The van der Waals surface area contributed by atoms with Crippen molar-refractivity contribution < 1.29 is 9.53 Å². The Kier molecular flexibility index (Phi) is 4.47. The van der Waals surface area contributed by atoms with Gasteiger partial charge in [-0.3, -0.25) is 14.8 Å². The minimum Gasteiger partial charge on any atom is -0.496 e. The van der Waals surface area contributed by atoms with Crippen LogP contribution in [0, 0.1) is 0 Å². The maximum Gasteiger partial charge on any atom is 0.251 e. The molecule has 0 atom stereocenters.